The van der Waals surface area contributed by atoms with E-state index in [1.165, 1.54) is 58.8 Å². The zero-order valence-electron chi connectivity index (χ0n) is 17.1. The van der Waals surface area contributed by atoms with E-state index in [9.17, 15) is 0 Å². The fraction of sp³-hybridized carbons (Fsp3) is 0.308. The zero-order chi connectivity index (χ0) is 19.8. The normalized spacial score (nSPS) is 20.1. The second-order valence-corrected chi connectivity index (χ2v) is 11.0. The molecule has 2 aromatic carbocycles. The molecule has 0 aromatic heterocycles. The summed E-state index contributed by atoms with van der Waals surface area (Å²) >= 11 is 5.97. The van der Waals surface area contributed by atoms with Crippen molar-refractivity contribution in [3.63, 3.8) is 0 Å². The number of benzene rings is 2. The molecule has 2 aromatic rings. The first kappa shape index (κ1) is 18.5. The lowest BCUT2D eigenvalue weighted by molar-refractivity contribution is 0.591. The average Bonchev–Trinajstić information content (AvgIpc) is 3.30. The van der Waals surface area contributed by atoms with E-state index in [0.717, 1.165) is 6.42 Å². The Morgan fingerprint density at radius 3 is 2.61 bits per heavy atom. The van der Waals surface area contributed by atoms with Gasteiger partial charge >= 0.3 is 0 Å². The molecule has 0 spiro atoms. The van der Waals surface area contributed by atoms with Gasteiger partial charge in [0.15, 0.2) is 0 Å². The van der Waals surface area contributed by atoms with Crippen molar-refractivity contribution >= 4 is 51.0 Å². The number of allylic oxidation sites excluding steroid dienone is 2. The second kappa shape index (κ2) is 6.24. The number of thioether (sulfide) groups is 1. The van der Waals surface area contributed by atoms with Gasteiger partial charge in [0.2, 0.25) is 0 Å². The maximum absolute atomic E-state index is 3.97. The topological polar surface area (TPSA) is 0 Å². The molecule has 0 saturated carbocycles. The molecule has 0 fully saturated rings. The maximum atomic E-state index is 3.97. The van der Waals surface area contributed by atoms with Crippen LogP contribution in [0.5, 0.6) is 0 Å². The Morgan fingerprint density at radius 1 is 1.11 bits per heavy atom. The first-order valence-corrected chi connectivity index (χ1v) is 11.7. The van der Waals surface area contributed by atoms with Gasteiger partial charge in [0.1, 0.15) is 0 Å². The number of hydrogen-bond acceptors (Lipinski definition) is 1. The highest BCUT2D eigenvalue weighted by Crippen LogP contribution is 2.47. The first-order valence-electron chi connectivity index (χ1n) is 10.0. The van der Waals surface area contributed by atoms with Crippen molar-refractivity contribution in [2.75, 3.05) is 0 Å². The van der Waals surface area contributed by atoms with Crippen LogP contribution >= 0.6 is 27.7 Å². The minimum Gasteiger partial charge on any atom is -0.118 e. The molecule has 0 bridgehead atoms. The Hall–Kier alpha value is -1.51. The van der Waals surface area contributed by atoms with E-state index in [4.69, 9.17) is 0 Å². The fourth-order valence-electron chi connectivity index (χ4n) is 5.11. The standard InChI is InChI=1S/C26H25BrS/c1-14-10-21-20(13-22-23(25(21)27)15(2)16(3)28-22)24(14)26(4,5)19-11-17-8-6-7-9-18(17)12-19/h6-11,13,16H,12H2,1-5H3. The van der Waals surface area contributed by atoms with Crippen molar-refractivity contribution in [3.05, 3.63) is 73.1 Å². The maximum Gasteiger partial charge on any atom is 0.0337 e. The van der Waals surface area contributed by atoms with Gasteiger partial charge in [0, 0.05) is 25.3 Å². The van der Waals surface area contributed by atoms with E-state index in [2.05, 4.69) is 93.0 Å². The van der Waals surface area contributed by atoms with Crippen molar-refractivity contribution < 1.29 is 0 Å². The number of rotatable bonds is 2. The second-order valence-electron chi connectivity index (χ2n) is 8.84. The van der Waals surface area contributed by atoms with Crippen LogP contribution in [0.2, 0.25) is 0 Å². The Morgan fingerprint density at radius 2 is 1.86 bits per heavy atom. The summed E-state index contributed by atoms with van der Waals surface area (Å²) in [6, 6.07) is 11.3. The summed E-state index contributed by atoms with van der Waals surface area (Å²) < 4.78 is 1.28. The fourth-order valence-corrected chi connectivity index (χ4v) is 7.33. The Labute approximate surface area is 180 Å². The predicted octanol–water partition coefficient (Wildman–Crippen LogP) is 6.35. The van der Waals surface area contributed by atoms with Crippen molar-refractivity contribution in [1.29, 1.82) is 0 Å². The monoisotopic (exact) mass is 448 g/mol. The van der Waals surface area contributed by atoms with Crippen LogP contribution in [0.4, 0.5) is 0 Å². The lowest BCUT2D eigenvalue weighted by atomic mass is 9.74. The third kappa shape index (κ3) is 2.50. The zero-order valence-corrected chi connectivity index (χ0v) is 19.5. The molecular formula is C26H25BrS. The summed E-state index contributed by atoms with van der Waals surface area (Å²) in [5.41, 5.74) is 10.1. The Kier molecular flexibility index (Phi) is 4.13. The van der Waals surface area contributed by atoms with Gasteiger partial charge in [-0.3, -0.25) is 0 Å². The summed E-state index contributed by atoms with van der Waals surface area (Å²) in [4.78, 5) is 1.43. The molecule has 0 amide bonds. The summed E-state index contributed by atoms with van der Waals surface area (Å²) in [5.74, 6) is 0. The van der Waals surface area contributed by atoms with Crippen LogP contribution in [-0.4, -0.2) is 5.25 Å². The largest absolute Gasteiger partial charge is 0.118 e. The molecule has 2 aliphatic carbocycles. The van der Waals surface area contributed by atoms with Crippen molar-refractivity contribution in [1.82, 2.24) is 0 Å². The van der Waals surface area contributed by atoms with Gasteiger partial charge in [-0.25, -0.2) is 0 Å². The van der Waals surface area contributed by atoms with Crippen LogP contribution in [0.15, 0.2) is 50.8 Å². The molecule has 3 aliphatic rings. The summed E-state index contributed by atoms with van der Waals surface area (Å²) in [7, 11) is 0. The van der Waals surface area contributed by atoms with E-state index >= 15 is 0 Å². The highest BCUT2D eigenvalue weighted by atomic mass is 79.9. The molecule has 1 atom stereocenters. The van der Waals surface area contributed by atoms with Gasteiger partial charge in [-0.05, 0) is 88.3 Å². The number of hydrogen-bond donors (Lipinski definition) is 0. The summed E-state index contributed by atoms with van der Waals surface area (Å²) in [5, 5.41) is 3.40. The number of halogens is 1. The van der Waals surface area contributed by atoms with Crippen LogP contribution in [-0.2, 0) is 6.42 Å². The third-order valence-corrected chi connectivity index (χ3v) is 8.90. The molecule has 0 radical (unpaired) electrons. The van der Waals surface area contributed by atoms with Gasteiger partial charge in [-0.15, -0.1) is 11.8 Å². The molecule has 0 saturated heterocycles. The smallest absolute Gasteiger partial charge is 0.0337 e. The van der Waals surface area contributed by atoms with Gasteiger partial charge in [0.25, 0.3) is 0 Å². The Balaban J connectivity index is 1.73. The molecule has 2 heteroatoms. The molecular weight excluding hydrogens is 424 g/mol. The average molecular weight is 449 g/mol. The van der Waals surface area contributed by atoms with Crippen LogP contribution in [0, 0.1) is 5.41 Å². The van der Waals surface area contributed by atoms with E-state index < -0.39 is 0 Å². The molecule has 1 unspecified atom stereocenters. The summed E-state index contributed by atoms with van der Waals surface area (Å²) in [6.07, 6.45) is 5.87. The Bertz CT molecular complexity index is 1220. The van der Waals surface area contributed by atoms with Crippen LogP contribution in [0.3, 0.4) is 0 Å². The number of fused-ring (bicyclic) bond motifs is 3. The molecule has 28 heavy (non-hydrogen) atoms. The minimum absolute atomic E-state index is 0.00613. The van der Waals surface area contributed by atoms with Gasteiger partial charge < -0.3 is 0 Å². The third-order valence-electron chi connectivity index (χ3n) is 6.79. The van der Waals surface area contributed by atoms with Crippen LogP contribution in [0.1, 0.15) is 51.3 Å². The van der Waals surface area contributed by atoms with Gasteiger partial charge in [0.05, 0.1) is 0 Å². The van der Waals surface area contributed by atoms with E-state index in [1.54, 1.807) is 0 Å². The highest BCUT2D eigenvalue weighted by Gasteiger charge is 2.35. The highest BCUT2D eigenvalue weighted by molar-refractivity contribution is 9.10. The molecule has 142 valence electrons. The van der Waals surface area contributed by atoms with Gasteiger partial charge in [-0.2, -0.15) is 0 Å². The lowest BCUT2D eigenvalue weighted by Crippen LogP contribution is -2.25. The van der Waals surface area contributed by atoms with E-state index in [-0.39, 0.29) is 5.41 Å². The quantitative estimate of drug-likeness (QED) is 0.515. The van der Waals surface area contributed by atoms with Crippen LogP contribution in [0.25, 0.3) is 23.3 Å². The first-order chi connectivity index (χ1) is 13.3. The summed E-state index contributed by atoms with van der Waals surface area (Å²) in [6.45, 7) is 11.7. The molecule has 1 aliphatic heterocycles. The van der Waals surface area contributed by atoms with Crippen molar-refractivity contribution in [3.8, 4) is 0 Å². The van der Waals surface area contributed by atoms with Crippen molar-refractivity contribution in [2.45, 2.75) is 51.2 Å². The van der Waals surface area contributed by atoms with Gasteiger partial charge in [-0.1, -0.05) is 55.3 Å². The minimum atomic E-state index is 0.00613. The van der Waals surface area contributed by atoms with Crippen LogP contribution < -0.4 is 10.4 Å². The predicted molar refractivity (Wildman–Crippen MR) is 127 cm³/mol. The van der Waals surface area contributed by atoms with E-state index in [0.29, 0.717) is 5.25 Å². The van der Waals surface area contributed by atoms with Crippen molar-refractivity contribution in [2.24, 2.45) is 5.41 Å². The van der Waals surface area contributed by atoms with E-state index in [1.807, 2.05) is 11.8 Å². The molecule has 5 rings (SSSR count). The molecule has 0 nitrogen and oxygen atoms in total. The SMILES string of the molecule is CC1=Cc2c(Br)c3c(cc2=C1C(C)(C)C1=Cc2ccccc2C1)SC(C)C=3C. The molecule has 1 heterocycles. The lowest BCUT2D eigenvalue weighted by Gasteiger charge is -2.30. The molecule has 0 N–H and O–H groups in total.